The molecule has 0 radical (unpaired) electrons. The molecule has 0 amide bonds. The third-order valence-corrected chi connectivity index (χ3v) is 8.01. The van der Waals surface area contributed by atoms with Crippen molar-refractivity contribution in [1.82, 2.24) is 10.3 Å². The molecule has 4 aromatic rings. The maximum Gasteiger partial charge on any atom is 0.255 e. The molecule has 2 N–H and O–H groups in total. The molecule has 1 saturated carbocycles. The van der Waals surface area contributed by atoms with Gasteiger partial charge >= 0.3 is 0 Å². The number of H-pyrrole nitrogens is 1. The predicted octanol–water partition coefficient (Wildman–Crippen LogP) is 6.66. The van der Waals surface area contributed by atoms with Crippen LogP contribution in [0.4, 0.5) is 0 Å². The Hall–Kier alpha value is -3.37. The average Bonchev–Trinajstić information content (AvgIpc) is 2.92. The van der Waals surface area contributed by atoms with Crippen LogP contribution in [-0.4, -0.2) is 17.1 Å². The van der Waals surface area contributed by atoms with Gasteiger partial charge < -0.3 is 15.0 Å². The molecule has 1 heterocycles. The minimum absolute atomic E-state index is 0.0546. The number of benzene rings is 3. The SMILES string of the molecule is CCC(NCc1ccccc1)[C@]1(c2ccccc2)CC[C@H](Oc2cc3cc[nH]c(=O)c3cc2C)CC1. The van der Waals surface area contributed by atoms with Gasteiger partial charge in [0.25, 0.3) is 5.56 Å². The number of aryl methyl sites for hydroxylation is 1. The Morgan fingerprint density at radius 2 is 1.69 bits per heavy atom. The van der Waals surface area contributed by atoms with Crippen LogP contribution in [0.5, 0.6) is 5.75 Å². The third kappa shape index (κ3) is 4.96. The first-order valence-electron chi connectivity index (χ1n) is 13.2. The number of aromatic amines is 1. The van der Waals surface area contributed by atoms with Crippen LogP contribution in [0.2, 0.25) is 0 Å². The maximum absolute atomic E-state index is 12.2. The van der Waals surface area contributed by atoms with Gasteiger partial charge in [0.1, 0.15) is 5.75 Å². The number of ether oxygens (including phenoxy) is 1. The lowest BCUT2D eigenvalue weighted by Gasteiger charge is -2.46. The molecular formula is C32H36N2O2. The average molecular weight is 481 g/mol. The molecule has 4 nitrogen and oxygen atoms in total. The van der Waals surface area contributed by atoms with Crippen LogP contribution in [0, 0.1) is 6.92 Å². The van der Waals surface area contributed by atoms with Gasteiger partial charge in [-0.3, -0.25) is 4.79 Å². The Morgan fingerprint density at radius 1 is 1.00 bits per heavy atom. The maximum atomic E-state index is 12.2. The molecule has 0 spiro atoms. The van der Waals surface area contributed by atoms with Gasteiger partial charge in [0.15, 0.2) is 0 Å². The number of hydrogen-bond acceptors (Lipinski definition) is 3. The van der Waals surface area contributed by atoms with E-state index < -0.39 is 0 Å². The van der Waals surface area contributed by atoms with E-state index in [1.807, 2.05) is 25.1 Å². The Bertz CT molecular complexity index is 1340. The Balaban J connectivity index is 1.35. The van der Waals surface area contributed by atoms with Crippen molar-refractivity contribution >= 4 is 10.8 Å². The number of pyridine rings is 1. The van der Waals surface area contributed by atoms with E-state index in [-0.39, 0.29) is 17.1 Å². The minimum Gasteiger partial charge on any atom is -0.490 e. The van der Waals surface area contributed by atoms with E-state index in [0.29, 0.717) is 11.4 Å². The van der Waals surface area contributed by atoms with E-state index in [4.69, 9.17) is 4.74 Å². The molecule has 1 atom stereocenters. The molecule has 1 aromatic heterocycles. The van der Waals surface area contributed by atoms with Gasteiger partial charge in [0.2, 0.25) is 0 Å². The molecule has 1 unspecified atom stereocenters. The van der Waals surface area contributed by atoms with Crippen LogP contribution < -0.4 is 15.6 Å². The van der Waals surface area contributed by atoms with Gasteiger partial charge in [0, 0.05) is 29.6 Å². The fourth-order valence-electron chi connectivity index (χ4n) is 6.03. The zero-order valence-electron chi connectivity index (χ0n) is 21.3. The van der Waals surface area contributed by atoms with Crippen LogP contribution in [0.3, 0.4) is 0 Å². The van der Waals surface area contributed by atoms with Crippen LogP contribution >= 0.6 is 0 Å². The van der Waals surface area contributed by atoms with Gasteiger partial charge in [-0.15, -0.1) is 0 Å². The highest BCUT2D eigenvalue weighted by atomic mass is 16.5. The van der Waals surface area contributed by atoms with Gasteiger partial charge in [-0.05, 0) is 79.3 Å². The highest BCUT2D eigenvalue weighted by molar-refractivity contribution is 5.83. The molecule has 5 rings (SSSR count). The summed E-state index contributed by atoms with van der Waals surface area (Å²) in [6.45, 7) is 5.21. The zero-order valence-corrected chi connectivity index (χ0v) is 21.3. The van der Waals surface area contributed by atoms with Crippen molar-refractivity contribution in [1.29, 1.82) is 0 Å². The number of nitrogens with one attached hydrogen (secondary N) is 2. The largest absolute Gasteiger partial charge is 0.490 e. The number of fused-ring (bicyclic) bond motifs is 1. The summed E-state index contributed by atoms with van der Waals surface area (Å²) in [5.74, 6) is 0.888. The van der Waals surface area contributed by atoms with Crippen molar-refractivity contribution in [2.45, 2.75) is 70.1 Å². The van der Waals surface area contributed by atoms with Gasteiger partial charge in [-0.25, -0.2) is 0 Å². The number of hydrogen-bond donors (Lipinski definition) is 2. The smallest absolute Gasteiger partial charge is 0.255 e. The first kappa shape index (κ1) is 24.3. The Labute approximate surface area is 213 Å². The fraction of sp³-hybridized carbons (Fsp3) is 0.344. The van der Waals surface area contributed by atoms with Crippen molar-refractivity contribution in [3.05, 3.63) is 112 Å². The van der Waals surface area contributed by atoms with Crippen LogP contribution in [0.15, 0.2) is 89.9 Å². The summed E-state index contributed by atoms with van der Waals surface area (Å²) < 4.78 is 6.57. The monoisotopic (exact) mass is 480 g/mol. The lowest BCUT2D eigenvalue weighted by molar-refractivity contribution is 0.0950. The zero-order chi connectivity index (χ0) is 25.0. The van der Waals surface area contributed by atoms with Gasteiger partial charge in [0.05, 0.1) is 6.10 Å². The van der Waals surface area contributed by atoms with Crippen molar-refractivity contribution in [2.75, 3.05) is 0 Å². The second-order valence-electron chi connectivity index (χ2n) is 10.2. The summed E-state index contributed by atoms with van der Waals surface area (Å²) >= 11 is 0. The number of aromatic nitrogens is 1. The van der Waals surface area contributed by atoms with E-state index in [1.165, 1.54) is 11.1 Å². The topological polar surface area (TPSA) is 54.1 Å². The first-order valence-corrected chi connectivity index (χ1v) is 13.2. The van der Waals surface area contributed by atoms with Crippen LogP contribution in [0.1, 0.15) is 55.7 Å². The predicted molar refractivity (Wildman–Crippen MR) is 148 cm³/mol. The molecule has 0 saturated heterocycles. The summed E-state index contributed by atoms with van der Waals surface area (Å²) in [6, 6.07) is 28.0. The molecule has 4 heteroatoms. The molecule has 36 heavy (non-hydrogen) atoms. The van der Waals surface area contributed by atoms with Crippen molar-refractivity contribution in [2.24, 2.45) is 0 Å². The Kier molecular flexibility index (Phi) is 7.24. The van der Waals surface area contributed by atoms with Crippen LogP contribution in [-0.2, 0) is 12.0 Å². The molecule has 0 aliphatic heterocycles. The lowest BCUT2D eigenvalue weighted by atomic mass is 9.63. The van der Waals surface area contributed by atoms with Gasteiger partial charge in [-0.1, -0.05) is 67.6 Å². The summed E-state index contributed by atoms with van der Waals surface area (Å²) in [5.41, 5.74) is 3.78. The highest BCUT2D eigenvalue weighted by Gasteiger charge is 2.43. The normalized spacial score (nSPS) is 20.8. The fourth-order valence-corrected chi connectivity index (χ4v) is 6.03. The van der Waals surface area contributed by atoms with E-state index >= 15 is 0 Å². The lowest BCUT2D eigenvalue weighted by Crippen LogP contribution is -2.51. The molecule has 1 fully saturated rings. The summed E-state index contributed by atoms with van der Waals surface area (Å²) in [5, 5.41) is 5.55. The quantitative estimate of drug-likeness (QED) is 0.296. The molecule has 3 aromatic carbocycles. The summed E-state index contributed by atoms with van der Waals surface area (Å²) in [7, 11) is 0. The van der Waals surface area contributed by atoms with E-state index in [2.05, 4.69) is 77.9 Å². The Morgan fingerprint density at radius 3 is 2.39 bits per heavy atom. The highest BCUT2D eigenvalue weighted by Crippen LogP contribution is 2.44. The van der Waals surface area contributed by atoms with E-state index in [0.717, 1.165) is 55.3 Å². The van der Waals surface area contributed by atoms with Gasteiger partial charge in [-0.2, -0.15) is 0 Å². The first-order chi connectivity index (χ1) is 17.6. The summed E-state index contributed by atoms with van der Waals surface area (Å²) in [6.07, 6.45) is 7.11. The van der Waals surface area contributed by atoms with Crippen molar-refractivity contribution in [3.63, 3.8) is 0 Å². The third-order valence-electron chi connectivity index (χ3n) is 8.01. The minimum atomic E-state index is -0.0546. The second-order valence-corrected chi connectivity index (χ2v) is 10.2. The molecule has 1 aliphatic rings. The van der Waals surface area contributed by atoms with E-state index in [1.54, 1.807) is 6.20 Å². The molecule has 186 valence electrons. The second kappa shape index (κ2) is 10.7. The van der Waals surface area contributed by atoms with Crippen molar-refractivity contribution in [3.8, 4) is 5.75 Å². The summed E-state index contributed by atoms with van der Waals surface area (Å²) in [4.78, 5) is 14.9. The molecular weight excluding hydrogens is 444 g/mol. The number of rotatable bonds is 8. The van der Waals surface area contributed by atoms with E-state index in [9.17, 15) is 4.79 Å². The van der Waals surface area contributed by atoms with Crippen molar-refractivity contribution < 1.29 is 4.74 Å². The molecule has 1 aliphatic carbocycles. The standard InChI is InChI=1S/C32H36N2O2/c1-3-30(34-22-24-10-6-4-7-11-24)32(26-12-8-5-9-13-26)17-14-27(15-18-32)36-29-21-25-16-19-33-31(35)28(25)20-23(29)2/h4-13,16,19-21,27,30,34H,3,14-15,17-18,22H2,1-2H3,(H,33,35)/t27-,30?,32+. The molecule has 0 bridgehead atoms. The van der Waals surface area contributed by atoms with Crippen LogP contribution in [0.25, 0.3) is 10.8 Å².